The summed E-state index contributed by atoms with van der Waals surface area (Å²) in [5, 5.41) is 6.59. The first-order chi connectivity index (χ1) is 11.7. The molecule has 1 aromatic carbocycles. The molecule has 1 aromatic heterocycles. The summed E-state index contributed by atoms with van der Waals surface area (Å²) < 4.78 is 5.26. The molecule has 6 heteroatoms. The number of benzene rings is 1. The van der Waals surface area contributed by atoms with Crippen molar-refractivity contribution in [3.63, 3.8) is 0 Å². The Morgan fingerprint density at radius 3 is 2.92 bits per heavy atom. The highest BCUT2D eigenvalue weighted by Crippen LogP contribution is 2.27. The second-order valence-electron chi connectivity index (χ2n) is 6.25. The molecule has 124 valence electrons. The minimum absolute atomic E-state index is 0.0329. The van der Waals surface area contributed by atoms with Crippen LogP contribution in [0.15, 0.2) is 28.8 Å². The van der Waals surface area contributed by atoms with Gasteiger partial charge in [-0.3, -0.25) is 9.59 Å². The van der Waals surface area contributed by atoms with Gasteiger partial charge in [-0.2, -0.15) is 0 Å². The number of nitrogens with zero attached hydrogens (tertiary/aromatic N) is 2. The lowest BCUT2D eigenvalue weighted by Crippen LogP contribution is -2.39. The normalized spacial score (nSPS) is 15.8. The van der Waals surface area contributed by atoms with Gasteiger partial charge >= 0.3 is 0 Å². The minimum Gasteiger partial charge on any atom is -0.360 e. The molecule has 6 nitrogen and oxygen atoms in total. The second-order valence-corrected chi connectivity index (χ2v) is 6.25. The average Bonchev–Trinajstić information content (AvgIpc) is 3.23. The molecule has 2 aromatic rings. The Kier molecular flexibility index (Phi) is 3.80. The van der Waals surface area contributed by atoms with Gasteiger partial charge in [-0.15, -0.1) is 0 Å². The standard InChI is InChI=1S/C18H19N3O3/c22-16(21-10-9-12-5-1-3-7-14(12)21)11-19-18(23)17-13-6-2-4-8-15(13)24-20-17/h1,3,5,7H,2,4,6,8-11H2,(H,19,23). The number of carbonyl (C=O) groups is 2. The largest absolute Gasteiger partial charge is 0.360 e. The lowest BCUT2D eigenvalue weighted by molar-refractivity contribution is -0.117. The van der Waals surface area contributed by atoms with E-state index in [9.17, 15) is 9.59 Å². The van der Waals surface area contributed by atoms with E-state index in [1.54, 1.807) is 4.90 Å². The molecule has 0 saturated carbocycles. The molecule has 4 rings (SSSR count). The van der Waals surface area contributed by atoms with Crippen molar-refractivity contribution >= 4 is 17.5 Å². The summed E-state index contributed by atoms with van der Waals surface area (Å²) in [4.78, 5) is 26.5. The number of para-hydroxylation sites is 1. The van der Waals surface area contributed by atoms with Crippen LogP contribution in [0.4, 0.5) is 5.69 Å². The Balaban J connectivity index is 1.41. The van der Waals surface area contributed by atoms with Crippen LogP contribution in [0.5, 0.6) is 0 Å². The van der Waals surface area contributed by atoms with Gasteiger partial charge < -0.3 is 14.7 Å². The monoisotopic (exact) mass is 325 g/mol. The van der Waals surface area contributed by atoms with Gasteiger partial charge in [0.1, 0.15) is 5.76 Å². The highest BCUT2D eigenvalue weighted by molar-refractivity contribution is 6.01. The number of nitrogens with one attached hydrogen (secondary N) is 1. The lowest BCUT2D eigenvalue weighted by atomic mass is 9.96. The van der Waals surface area contributed by atoms with Crippen LogP contribution in [0.1, 0.15) is 40.2 Å². The van der Waals surface area contributed by atoms with Crippen LogP contribution in [-0.4, -0.2) is 30.1 Å². The van der Waals surface area contributed by atoms with Crippen molar-refractivity contribution in [3.05, 3.63) is 46.8 Å². The fourth-order valence-electron chi connectivity index (χ4n) is 3.50. The molecule has 0 atom stereocenters. The molecule has 2 heterocycles. The Hall–Kier alpha value is -2.63. The number of hydrogen-bond donors (Lipinski definition) is 1. The van der Waals surface area contributed by atoms with Crippen LogP contribution < -0.4 is 10.2 Å². The maximum absolute atomic E-state index is 12.4. The summed E-state index contributed by atoms with van der Waals surface area (Å²) in [6, 6.07) is 7.87. The van der Waals surface area contributed by atoms with Crippen molar-refractivity contribution in [3.8, 4) is 0 Å². The zero-order chi connectivity index (χ0) is 16.5. The second kappa shape index (κ2) is 6.11. The van der Waals surface area contributed by atoms with E-state index < -0.39 is 0 Å². The maximum Gasteiger partial charge on any atom is 0.274 e. The van der Waals surface area contributed by atoms with Crippen LogP contribution in [-0.2, 0) is 24.1 Å². The average molecular weight is 325 g/mol. The van der Waals surface area contributed by atoms with E-state index in [1.165, 1.54) is 5.56 Å². The summed E-state index contributed by atoms with van der Waals surface area (Å²) in [6.07, 6.45) is 4.61. The molecular weight excluding hydrogens is 306 g/mol. The van der Waals surface area contributed by atoms with E-state index in [-0.39, 0.29) is 18.4 Å². The van der Waals surface area contributed by atoms with Gasteiger partial charge in [0.25, 0.3) is 5.91 Å². The fourth-order valence-corrected chi connectivity index (χ4v) is 3.50. The summed E-state index contributed by atoms with van der Waals surface area (Å²) in [5.74, 6) is 0.375. The zero-order valence-electron chi connectivity index (χ0n) is 13.4. The Morgan fingerprint density at radius 1 is 1.17 bits per heavy atom. The predicted octanol–water partition coefficient (Wildman–Crippen LogP) is 1.87. The number of rotatable bonds is 3. The van der Waals surface area contributed by atoms with E-state index >= 15 is 0 Å². The molecule has 0 fully saturated rings. The molecule has 0 saturated heterocycles. The van der Waals surface area contributed by atoms with Crippen LogP contribution >= 0.6 is 0 Å². The van der Waals surface area contributed by atoms with Crippen molar-refractivity contribution in [2.45, 2.75) is 32.1 Å². The smallest absolute Gasteiger partial charge is 0.274 e. The van der Waals surface area contributed by atoms with Crippen molar-refractivity contribution < 1.29 is 14.1 Å². The van der Waals surface area contributed by atoms with E-state index in [4.69, 9.17) is 4.52 Å². The molecule has 1 N–H and O–H groups in total. The molecule has 1 aliphatic heterocycles. The Labute approximate surface area is 139 Å². The molecule has 2 aliphatic rings. The lowest BCUT2D eigenvalue weighted by Gasteiger charge is -2.17. The highest BCUT2D eigenvalue weighted by atomic mass is 16.5. The molecule has 0 bridgehead atoms. The van der Waals surface area contributed by atoms with Crippen LogP contribution in [0, 0.1) is 0 Å². The van der Waals surface area contributed by atoms with Gasteiger partial charge in [0.2, 0.25) is 5.91 Å². The third kappa shape index (κ3) is 2.58. The topological polar surface area (TPSA) is 75.4 Å². The first-order valence-corrected chi connectivity index (χ1v) is 8.38. The minimum atomic E-state index is -0.331. The van der Waals surface area contributed by atoms with E-state index in [2.05, 4.69) is 10.5 Å². The third-order valence-electron chi connectivity index (χ3n) is 4.75. The molecule has 0 spiro atoms. The first-order valence-electron chi connectivity index (χ1n) is 8.38. The highest BCUT2D eigenvalue weighted by Gasteiger charge is 2.27. The number of hydrogen-bond acceptors (Lipinski definition) is 4. The number of aryl methyl sites for hydroxylation is 1. The number of amides is 2. The Morgan fingerprint density at radius 2 is 2.00 bits per heavy atom. The van der Waals surface area contributed by atoms with E-state index in [0.29, 0.717) is 12.2 Å². The number of aromatic nitrogens is 1. The molecule has 2 amide bonds. The number of carbonyl (C=O) groups excluding carboxylic acids is 2. The molecule has 1 aliphatic carbocycles. The fraction of sp³-hybridized carbons (Fsp3) is 0.389. The molecule has 0 unspecified atom stereocenters. The summed E-state index contributed by atoms with van der Waals surface area (Å²) >= 11 is 0. The quantitative estimate of drug-likeness (QED) is 0.935. The van der Waals surface area contributed by atoms with Crippen molar-refractivity contribution in [1.82, 2.24) is 10.5 Å². The summed E-state index contributed by atoms with van der Waals surface area (Å²) in [7, 11) is 0. The maximum atomic E-state index is 12.4. The number of fused-ring (bicyclic) bond motifs is 2. The molecular formula is C18H19N3O3. The van der Waals surface area contributed by atoms with Gasteiger partial charge in [0.05, 0.1) is 6.54 Å². The summed E-state index contributed by atoms with van der Waals surface area (Å²) in [5.41, 5.74) is 3.34. The molecule has 0 radical (unpaired) electrons. The Bertz CT molecular complexity index is 797. The SMILES string of the molecule is O=C(NCC(=O)N1CCc2ccccc21)c1noc2c1CCCC2. The van der Waals surface area contributed by atoms with E-state index in [1.807, 2.05) is 24.3 Å². The van der Waals surface area contributed by atoms with Gasteiger partial charge in [-0.1, -0.05) is 23.4 Å². The summed E-state index contributed by atoms with van der Waals surface area (Å²) in [6.45, 7) is 0.627. The van der Waals surface area contributed by atoms with Crippen molar-refractivity contribution in [2.75, 3.05) is 18.0 Å². The van der Waals surface area contributed by atoms with Crippen LogP contribution in [0.2, 0.25) is 0 Å². The van der Waals surface area contributed by atoms with Gasteiger partial charge in [0.15, 0.2) is 5.69 Å². The number of anilines is 1. The van der Waals surface area contributed by atoms with Gasteiger partial charge in [0, 0.05) is 24.2 Å². The van der Waals surface area contributed by atoms with Crippen molar-refractivity contribution in [1.29, 1.82) is 0 Å². The van der Waals surface area contributed by atoms with E-state index in [0.717, 1.165) is 49.1 Å². The van der Waals surface area contributed by atoms with Gasteiger partial charge in [-0.25, -0.2) is 0 Å². The van der Waals surface area contributed by atoms with Crippen molar-refractivity contribution in [2.24, 2.45) is 0 Å². The third-order valence-corrected chi connectivity index (χ3v) is 4.75. The van der Waals surface area contributed by atoms with Crippen LogP contribution in [0.3, 0.4) is 0 Å². The van der Waals surface area contributed by atoms with Gasteiger partial charge in [-0.05, 0) is 37.3 Å². The predicted molar refractivity (Wildman–Crippen MR) is 88.0 cm³/mol. The zero-order valence-corrected chi connectivity index (χ0v) is 13.4. The first kappa shape index (κ1) is 14.9. The molecule has 24 heavy (non-hydrogen) atoms. The van der Waals surface area contributed by atoms with Crippen LogP contribution in [0.25, 0.3) is 0 Å².